The Bertz CT molecular complexity index is 1650. The summed E-state index contributed by atoms with van der Waals surface area (Å²) in [4.78, 5) is 35.4. The summed E-state index contributed by atoms with van der Waals surface area (Å²) < 4.78 is 34.3. The van der Waals surface area contributed by atoms with Crippen molar-refractivity contribution in [2.24, 2.45) is 0 Å². The van der Waals surface area contributed by atoms with Gasteiger partial charge in [-0.25, -0.2) is 4.57 Å². The van der Waals surface area contributed by atoms with E-state index < -0.39 is 26.5 Å². The monoisotopic (exact) mass is 1040 g/mol. The molecule has 1 N–H and O–H groups in total. The van der Waals surface area contributed by atoms with Gasteiger partial charge >= 0.3 is 19.8 Å². The third-order valence-corrected chi connectivity index (χ3v) is 12.7. The average Bonchev–Trinajstić information content (AvgIpc) is 3.35. The number of quaternary nitrogens is 1. The van der Waals surface area contributed by atoms with Gasteiger partial charge in [-0.1, -0.05) is 232 Å². The highest BCUT2D eigenvalue weighted by Gasteiger charge is 2.27. The van der Waals surface area contributed by atoms with Crippen molar-refractivity contribution in [2.75, 3.05) is 47.5 Å². The van der Waals surface area contributed by atoms with Crippen molar-refractivity contribution < 1.29 is 42.1 Å². The molecule has 416 valence electrons. The van der Waals surface area contributed by atoms with Crippen molar-refractivity contribution in [3.8, 4) is 0 Å². The summed E-state index contributed by atoms with van der Waals surface area (Å²) in [5, 5.41) is 0. The molecule has 2 unspecified atom stereocenters. The molecule has 0 saturated heterocycles. The van der Waals surface area contributed by atoms with E-state index in [1.54, 1.807) is 0 Å². The van der Waals surface area contributed by atoms with Gasteiger partial charge < -0.3 is 18.9 Å². The molecule has 0 saturated carbocycles. The van der Waals surface area contributed by atoms with E-state index in [9.17, 15) is 19.0 Å². The summed E-state index contributed by atoms with van der Waals surface area (Å²) in [6.07, 6.45) is 75.9. The van der Waals surface area contributed by atoms with Crippen molar-refractivity contribution in [2.45, 2.75) is 219 Å². The topological polar surface area (TPSA) is 108 Å². The Labute approximate surface area is 448 Å². The molecular formula is C63H107NO8P+. The zero-order chi connectivity index (χ0) is 53.5. The van der Waals surface area contributed by atoms with Crippen molar-refractivity contribution in [1.82, 2.24) is 0 Å². The van der Waals surface area contributed by atoms with Gasteiger partial charge in [-0.05, 0) is 89.9 Å². The molecule has 0 heterocycles. The summed E-state index contributed by atoms with van der Waals surface area (Å²) in [6, 6.07) is 0. The zero-order valence-corrected chi connectivity index (χ0v) is 48.0. The highest BCUT2D eigenvalue weighted by atomic mass is 31.2. The van der Waals surface area contributed by atoms with E-state index in [2.05, 4.69) is 135 Å². The fourth-order valence-electron chi connectivity index (χ4n) is 7.34. The van der Waals surface area contributed by atoms with Crippen LogP contribution in [0.3, 0.4) is 0 Å². The summed E-state index contributed by atoms with van der Waals surface area (Å²) in [5.74, 6) is -0.813. The molecule has 0 aliphatic carbocycles. The van der Waals surface area contributed by atoms with E-state index in [4.69, 9.17) is 18.5 Å². The second-order valence-corrected chi connectivity index (χ2v) is 21.4. The average molecular weight is 1040 g/mol. The second kappa shape index (κ2) is 53.2. The molecule has 10 heteroatoms. The van der Waals surface area contributed by atoms with Gasteiger partial charge in [-0.2, -0.15) is 0 Å². The lowest BCUT2D eigenvalue weighted by Gasteiger charge is -2.24. The lowest BCUT2D eigenvalue weighted by molar-refractivity contribution is -0.870. The van der Waals surface area contributed by atoms with Gasteiger partial charge in [0.25, 0.3) is 0 Å². The first-order chi connectivity index (χ1) is 35.5. The number of phosphoric ester groups is 1. The predicted molar refractivity (Wildman–Crippen MR) is 311 cm³/mol. The van der Waals surface area contributed by atoms with Crippen molar-refractivity contribution in [3.63, 3.8) is 0 Å². The Hall–Kier alpha value is -3.59. The van der Waals surface area contributed by atoms with Crippen LogP contribution in [0.2, 0.25) is 0 Å². The molecule has 0 radical (unpaired) electrons. The molecule has 9 nitrogen and oxygen atoms in total. The fraction of sp³-hybridized carbons (Fsp3) is 0.651. The number of ether oxygens (including phenoxy) is 2. The van der Waals surface area contributed by atoms with Crippen LogP contribution < -0.4 is 0 Å². The van der Waals surface area contributed by atoms with E-state index in [1.165, 1.54) is 70.6 Å². The molecule has 2 atom stereocenters. The first kappa shape index (κ1) is 69.4. The summed E-state index contributed by atoms with van der Waals surface area (Å²) in [7, 11) is 1.46. The first-order valence-electron chi connectivity index (χ1n) is 28.8. The van der Waals surface area contributed by atoms with E-state index in [0.717, 1.165) is 109 Å². The number of esters is 2. The summed E-state index contributed by atoms with van der Waals surface area (Å²) >= 11 is 0. The van der Waals surface area contributed by atoms with Crippen LogP contribution in [-0.2, 0) is 32.7 Å². The van der Waals surface area contributed by atoms with Crippen molar-refractivity contribution in [1.29, 1.82) is 0 Å². The highest BCUT2D eigenvalue weighted by Crippen LogP contribution is 2.43. The van der Waals surface area contributed by atoms with Crippen LogP contribution in [0.5, 0.6) is 0 Å². The van der Waals surface area contributed by atoms with Crippen LogP contribution in [0.4, 0.5) is 0 Å². The van der Waals surface area contributed by atoms with E-state index >= 15 is 0 Å². The van der Waals surface area contributed by atoms with Gasteiger partial charge in [0.15, 0.2) is 6.10 Å². The molecule has 0 aliphatic rings. The molecule has 0 amide bonds. The molecule has 73 heavy (non-hydrogen) atoms. The summed E-state index contributed by atoms with van der Waals surface area (Å²) in [6.45, 7) is 4.26. The standard InChI is InChI=1S/C63H106NO8P/c1-6-8-10-12-14-16-17-18-19-20-21-22-23-24-25-26-27-28-29-30-31-32-33-34-35-36-37-38-39-40-41-42-43-44-45-46-47-48-50-52-54-56-63(66)72-61(60-71-73(67,68)70-58-57-64(3,4)5)59-69-62(65)55-53-51-49-15-13-11-9-7-2/h8,10,14,16,18-19,21-22,24-25,27-28,30-31,33-34,36-37,39-40,61H,6-7,9,11-13,15,17,20,23,26,29,32,35,38,41-60H2,1-5H3/p+1/b10-8-,16-14-,19-18-,22-21-,25-24-,28-27-,31-30-,34-33-,37-36-,40-39-. The van der Waals surface area contributed by atoms with Gasteiger partial charge in [0.05, 0.1) is 27.7 Å². The number of carbonyl (C=O) groups is 2. The number of nitrogens with zero attached hydrogens (tertiary/aromatic N) is 1. The van der Waals surface area contributed by atoms with Crippen molar-refractivity contribution >= 4 is 19.8 Å². The number of unbranched alkanes of at least 4 members (excludes halogenated alkanes) is 17. The molecule has 0 bridgehead atoms. The van der Waals surface area contributed by atoms with Crippen molar-refractivity contribution in [3.05, 3.63) is 122 Å². The predicted octanol–water partition coefficient (Wildman–Crippen LogP) is 18.0. The quantitative estimate of drug-likeness (QED) is 0.0211. The molecule has 0 aliphatic heterocycles. The Morgan fingerprint density at radius 2 is 0.781 bits per heavy atom. The molecule has 0 aromatic rings. The normalized spacial score (nSPS) is 14.2. The Morgan fingerprint density at radius 3 is 1.16 bits per heavy atom. The Kier molecular flexibility index (Phi) is 50.6. The number of phosphoric acid groups is 1. The number of carbonyl (C=O) groups excluding carboxylic acids is 2. The first-order valence-corrected chi connectivity index (χ1v) is 30.3. The maximum absolute atomic E-state index is 12.7. The molecule has 0 rings (SSSR count). The molecular weight excluding hydrogens is 930 g/mol. The maximum atomic E-state index is 12.7. The minimum atomic E-state index is -4.38. The number of hydrogen-bond donors (Lipinski definition) is 1. The third-order valence-electron chi connectivity index (χ3n) is 11.8. The Balaban J connectivity index is 4.00. The van der Waals surface area contributed by atoms with Crippen LogP contribution in [-0.4, -0.2) is 74.9 Å². The van der Waals surface area contributed by atoms with Gasteiger partial charge in [-0.15, -0.1) is 0 Å². The van der Waals surface area contributed by atoms with Crippen LogP contribution in [0.25, 0.3) is 0 Å². The lowest BCUT2D eigenvalue weighted by Crippen LogP contribution is -2.37. The SMILES string of the molecule is CC/C=C\C/C=C\C/C=C\C/C=C\C/C=C\C/C=C\C/C=C\C/C=C\C/C=C\C/C=C\CCCCCCCCCCCCC(=O)OC(COC(=O)CCCCCCCCCC)COP(=O)(O)OCC[N+](C)(C)C. The van der Waals surface area contributed by atoms with Gasteiger partial charge in [0.2, 0.25) is 0 Å². The number of hydrogen-bond acceptors (Lipinski definition) is 7. The molecule has 0 fully saturated rings. The largest absolute Gasteiger partial charge is 0.472 e. The van der Waals surface area contributed by atoms with E-state index in [0.29, 0.717) is 17.4 Å². The number of allylic oxidation sites excluding steroid dienone is 20. The molecule has 0 aromatic heterocycles. The van der Waals surface area contributed by atoms with Crippen LogP contribution >= 0.6 is 7.82 Å². The van der Waals surface area contributed by atoms with Crippen LogP contribution in [0, 0.1) is 0 Å². The molecule has 0 aromatic carbocycles. The number of likely N-dealkylation sites (N-methyl/N-ethyl adjacent to an activating group) is 1. The minimum Gasteiger partial charge on any atom is -0.462 e. The van der Waals surface area contributed by atoms with Crippen LogP contribution in [0.1, 0.15) is 213 Å². The van der Waals surface area contributed by atoms with Gasteiger partial charge in [-0.3, -0.25) is 18.6 Å². The summed E-state index contributed by atoms with van der Waals surface area (Å²) in [5.41, 5.74) is 0. The smallest absolute Gasteiger partial charge is 0.462 e. The highest BCUT2D eigenvalue weighted by molar-refractivity contribution is 7.47. The minimum absolute atomic E-state index is 0.0269. The van der Waals surface area contributed by atoms with Gasteiger partial charge in [0, 0.05) is 12.8 Å². The Morgan fingerprint density at radius 1 is 0.438 bits per heavy atom. The zero-order valence-electron chi connectivity index (χ0n) is 47.1. The number of rotatable bonds is 51. The van der Waals surface area contributed by atoms with E-state index in [1.807, 2.05) is 21.1 Å². The second-order valence-electron chi connectivity index (χ2n) is 19.9. The maximum Gasteiger partial charge on any atom is 0.472 e. The van der Waals surface area contributed by atoms with Gasteiger partial charge in [0.1, 0.15) is 19.8 Å². The molecule has 0 spiro atoms. The van der Waals surface area contributed by atoms with Crippen LogP contribution in [0.15, 0.2) is 122 Å². The third kappa shape index (κ3) is 57.5. The fourth-order valence-corrected chi connectivity index (χ4v) is 8.08. The lowest BCUT2D eigenvalue weighted by atomic mass is 10.0. The van der Waals surface area contributed by atoms with E-state index in [-0.39, 0.29) is 32.0 Å².